The highest BCUT2D eigenvalue weighted by atomic mass is 32.2. The molecule has 0 aromatic heterocycles. The van der Waals surface area contributed by atoms with Gasteiger partial charge in [-0.3, -0.25) is 4.79 Å². The molecule has 4 nitrogen and oxygen atoms in total. The number of nitrogens with zero attached hydrogens (tertiary/aromatic N) is 1. The van der Waals surface area contributed by atoms with E-state index in [2.05, 4.69) is 0 Å². The lowest BCUT2D eigenvalue weighted by Crippen LogP contribution is -2.39. The molecular formula is C18H20FNO3S. The molecular weight excluding hydrogens is 329 g/mol. The Bertz CT molecular complexity index is 789. The fourth-order valence-electron chi connectivity index (χ4n) is 2.34. The lowest BCUT2D eigenvalue weighted by molar-refractivity contribution is -0.129. The molecule has 0 fully saturated rings. The van der Waals surface area contributed by atoms with Crippen molar-refractivity contribution in [3.05, 3.63) is 71.5 Å². The molecule has 0 saturated carbocycles. The van der Waals surface area contributed by atoms with E-state index in [4.69, 9.17) is 0 Å². The Morgan fingerprint density at radius 3 is 2.21 bits per heavy atom. The first-order valence-corrected chi connectivity index (χ1v) is 9.26. The van der Waals surface area contributed by atoms with Gasteiger partial charge in [-0.15, -0.1) is 0 Å². The van der Waals surface area contributed by atoms with Crippen LogP contribution < -0.4 is 0 Å². The second kappa shape index (κ2) is 7.57. The predicted octanol–water partition coefficient (Wildman–Crippen LogP) is 2.79. The molecule has 0 aliphatic heterocycles. The summed E-state index contributed by atoms with van der Waals surface area (Å²) in [5.74, 6) is -1.18. The minimum absolute atomic E-state index is 0.292. The first kappa shape index (κ1) is 18.1. The quantitative estimate of drug-likeness (QED) is 0.806. The zero-order valence-corrected chi connectivity index (χ0v) is 14.5. The molecule has 0 aliphatic carbocycles. The van der Waals surface area contributed by atoms with Gasteiger partial charge in [-0.05, 0) is 30.2 Å². The molecule has 0 bridgehead atoms. The molecule has 1 atom stereocenters. The summed E-state index contributed by atoms with van der Waals surface area (Å²) in [4.78, 5) is 13.8. The minimum atomic E-state index is -3.68. The summed E-state index contributed by atoms with van der Waals surface area (Å²) in [6.45, 7) is 1.73. The fraction of sp³-hybridized carbons (Fsp3) is 0.278. The number of hydrogen-bond acceptors (Lipinski definition) is 3. The first-order valence-electron chi connectivity index (χ1n) is 7.54. The zero-order chi connectivity index (χ0) is 17.7. The van der Waals surface area contributed by atoms with Crippen molar-refractivity contribution in [1.82, 2.24) is 4.90 Å². The van der Waals surface area contributed by atoms with Crippen LogP contribution in [0.2, 0.25) is 0 Å². The van der Waals surface area contributed by atoms with Crippen LogP contribution >= 0.6 is 0 Å². The molecule has 2 aromatic rings. The van der Waals surface area contributed by atoms with Gasteiger partial charge in [0.05, 0.1) is 5.75 Å². The Balaban J connectivity index is 2.06. The molecule has 2 rings (SSSR count). The predicted molar refractivity (Wildman–Crippen MR) is 91.4 cm³/mol. The van der Waals surface area contributed by atoms with Crippen LogP contribution in [0.25, 0.3) is 0 Å². The van der Waals surface area contributed by atoms with E-state index in [1.165, 1.54) is 36.1 Å². The van der Waals surface area contributed by atoms with E-state index in [0.717, 1.165) is 5.56 Å². The van der Waals surface area contributed by atoms with Crippen LogP contribution in [0.5, 0.6) is 0 Å². The monoisotopic (exact) mass is 349 g/mol. The van der Waals surface area contributed by atoms with Gasteiger partial charge in [0.1, 0.15) is 11.1 Å². The maximum Gasteiger partial charge on any atom is 0.240 e. The summed E-state index contributed by atoms with van der Waals surface area (Å²) >= 11 is 0. The number of amides is 1. The highest BCUT2D eigenvalue weighted by Gasteiger charge is 2.30. The largest absolute Gasteiger partial charge is 0.340 e. The lowest BCUT2D eigenvalue weighted by Gasteiger charge is -2.21. The highest BCUT2D eigenvalue weighted by Crippen LogP contribution is 2.15. The van der Waals surface area contributed by atoms with E-state index in [-0.39, 0.29) is 5.75 Å². The average molecular weight is 349 g/mol. The van der Waals surface area contributed by atoms with Crippen LogP contribution in [0.1, 0.15) is 18.1 Å². The van der Waals surface area contributed by atoms with Gasteiger partial charge < -0.3 is 4.90 Å². The maximum absolute atomic E-state index is 12.9. The fourth-order valence-corrected chi connectivity index (χ4v) is 3.73. The Morgan fingerprint density at radius 1 is 1.04 bits per heavy atom. The molecule has 0 spiro atoms. The number of sulfone groups is 1. The van der Waals surface area contributed by atoms with Crippen molar-refractivity contribution in [3.8, 4) is 0 Å². The van der Waals surface area contributed by atoms with E-state index in [1.807, 2.05) is 30.3 Å². The van der Waals surface area contributed by atoms with E-state index in [0.29, 0.717) is 12.1 Å². The molecule has 2 aromatic carbocycles. The Labute approximate surface area is 141 Å². The van der Waals surface area contributed by atoms with Crippen LogP contribution in [-0.4, -0.2) is 31.5 Å². The Hall–Kier alpha value is -2.21. The number of halogens is 1. The SMILES string of the molecule is CC(C(=O)N(C)Cc1ccccc1)S(=O)(=O)Cc1ccc(F)cc1. The number of carbonyl (C=O) groups excluding carboxylic acids is 1. The standard InChI is InChI=1S/C18H20FNO3S/c1-14(18(21)20(2)12-15-6-4-3-5-7-15)24(22,23)13-16-8-10-17(19)11-9-16/h3-11,14H,12-13H2,1-2H3. The summed E-state index contributed by atoms with van der Waals surface area (Å²) in [6, 6.07) is 14.6. The molecule has 0 radical (unpaired) electrons. The smallest absolute Gasteiger partial charge is 0.240 e. The Morgan fingerprint density at radius 2 is 1.62 bits per heavy atom. The third kappa shape index (κ3) is 4.64. The van der Waals surface area contributed by atoms with Crippen molar-refractivity contribution in [2.75, 3.05) is 7.05 Å². The summed E-state index contributed by atoms with van der Waals surface area (Å²) in [5, 5.41) is -1.16. The van der Waals surface area contributed by atoms with Gasteiger partial charge in [0.25, 0.3) is 0 Å². The molecule has 24 heavy (non-hydrogen) atoms. The topological polar surface area (TPSA) is 54.5 Å². The van der Waals surface area contributed by atoms with E-state index in [1.54, 1.807) is 7.05 Å². The van der Waals surface area contributed by atoms with E-state index < -0.39 is 26.8 Å². The number of rotatable bonds is 6. The number of hydrogen-bond donors (Lipinski definition) is 0. The van der Waals surface area contributed by atoms with Crippen molar-refractivity contribution in [2.24, 2.45) is 0 Å². The molecule has 0 N–H and O–H groups in total. The summed E-state index contributed by atoms with van der Waals surface area (Å²) in [7, 11) is -2.09. The van der Waals surface area contributed by atoms with E-state index >= 15 is 0 Å². The molecule has 1 amide bonds. The van der Waals surface area contributed by atoms with Crippen molar-refractivity contribution in [3.63, 3.8) is 0 Å². The molecule has 128 valence electrons. The molecule has 6 heteroatoms. The lowest BCUT2D eigenvalue weighted by atomic mass is 10.2. The third-order valence-electron chi connectivity index (χ3n) is 3.81. The van der Waals surface area contributed by atoms with Gasteiger partial charge in [-0.2, -0.15) is 0 Å². The van der Waals surface area contributed by atoms with Crippen molar-refractivity contribution >= 4 is 15.7 Å². The molecule has 0 saturated heterocycles. The number of benzene rings is 2. The van der Waals surface area contributed by atoms with Crippen LogP contribution in [0.15, 0.2) is 54.6 Å². The van der Waals surface area contributed by atoms with Crippen molar-refractivity contribution in [1.29, 1.82) is 0 Å². The van der Waals surface area contributed by atoms with Crippen molar-refractivity contribution < 1.29 is 17.6 Å². The van der Waals surface area contributed by atoms with Gasteiger partial charge >= 0.3 is 0 Å². The summed E-state index contributed by atoms with van der Waals surface area (Å²) in [5.41, 5.74) is 1.39. The van der Waals surface area contributed by atoms with Crippen LogP contribution in [-0.2, 0) is 26.9 Å². The highest BCUT2D eigenvalue weighted by molar-refractivity contribution is 7.92. The first-order chi connectivity index (χ1) is 11.3. The summed E-state index contributed by atoms with van der Waals surface area (Å²) < 4.78 is 37.8. The van der Waals surface area contributed by atoms with Gasteiger partial charge in [-0.1, -0.05) is 42.5 Å². The second-order valence-electron chi connectivity index (χ2n) is 5.76. The van der Waals surface area contributed by atoms with Gasteiger partial charge in [0, 0.05) is 13.6 Å². The van der Waals surface area contributed by atoms with Gasteiger partial charge in [-0.25, -0.2) is 12.8 Å². The zero-order valence-electron chi connectivity index (χ0n) is 13.6. The van der Waals surface area contributed by atoms with Crippen LogP contribution in [0.3, 0.4) is 0 Å². The summed E-state index contributed by atoms with van der Waals surface area (Å²) in [6.07, 6.45) is 0. The maximum atomic E-state index is 12.9. The number of carbonyl (C=O) groups is 1. The van der Waals surface area contributed by atoms with Crippen LogP contribution in [0, 0.1) is 5.82 Å². The molecule has 0 aliphatic rings. The van der Waals surface area contributed by atoms with Gasteiger partial charge in [0.2, 0.25) is 5.91 Å². The molecule has 0 heterocycles. The van der Waals surface area contributed by atoms with Gasteiger partial charge in [0.15, 0.2) is 9.84 Å². The third-order valence-corrected chi connectivity index (χ3v) is 5.82. The molecule has 1 unspecified atom stereocenters. The minimum Gasteiger partial charge on any atom is -0.340 e. The second-order valence-corrected chi connectivity index (χ2v) is 8.08. The van der Waals surface area contributed by atoms with Crippen LogP contribution in [0.4, 0.5) is 4.39 Å². The van der Waals surface area contributed by atoms with Crippen molar-refractivity contribution in [2.45, 2.75) is 24.5 Å². The normalized spacial score (nSPS) is 12.6. The van der Waals surface area contributed by atoms with E-state index in [9.17, 15) is 17.6 Å². The Kier molecular flexibility index (Phi) is 5.72. The average Bonchev–Trinajstić information content (AvgIpc) is 2.56.